The maximum Gasteiger partial charge on any atom is 0.325 e. The Hall–Kier alpha value is -0.700. The second-order valence-electron chi connectivity index (χ2n) is 3.33. The van der Waals surface area contributed by atoms with Crippen LogP contribution in [0.3, 0.4) is 0 Å². The number of carbonyl (C=O) groups excluding carboxylic acids is 1. The minimum absolute atomic E-state index is 0.0764. The van der Waals surface area contributed by atoms with E-state index in [1.165, 1.54) is 14.0 Å². The molecule has 0 aliphatic heterocycles. The number of methoxy groups -OCH3 is 2. The van der Waals surface area contributed by atoms with Gasteiger partial charge < -0.3 is 14.6 Å². The zero-order valence-electron chi connectivity index (χ0n) is 10.2. The molecule has 1 unspecified atom stereocenters. The van der Waals surface area contributed by atoms with Crippen LogP contribution < -0.4 is 0 Å². The molecule has 8 heteroatoms. The van der Waals surface area contributed by atoms with Crippen LogP contribution in [0.1, 0.15) is 6.92 Å². The third kappa shape index (κ3) is 4.58. The van der Waals surface area contributed by atoms with Crippen molar-refractivity contribution in [2.45, 2.75) is 12.2 Å². The number of esters is 1. The Morgan fingerprint density at radius 2 is 1.94 bits per heavy atom. The summed E-state index contributed by atoms with van der Waals surface area (Å²) in [6.07, 6.45) is 0. The average molecular weight is 269 g/mol. The number of carbonyl (C=O) groups is 1. The van der Waals surface area contributed by atoms with Gasteiger partial charge in [0.05, 0.1) is 20.3 Å². The van der Waals surface area contributed by atoms with Gasteiger partial charge >= 0.3 is 5.97 Å². The molecule has 0 aliphatic carbocycles. The van der Waals surface area contributed by atoms with Gasteiger partial charge in [-0.25, -0.2) is 8.42 Å². The first-order valence-corrected chi connectivity index (χ1v) is 6.58. The first-order chi connectivity index (χ1) is 7.91. The van der Waals surface area contributed by atoms with E-state index in [0.717, 1.165) is 11.4 Å². The Balaban J connectivity index is 4.87. The summed E-state index contributed by atoms with van der Waals surface area (Å²) >= 11 is 0. The fraction of sp³-hybridized carbons (Fsp3) is 0.889. The Morgan fingerprint density at radius 1 is 1.35 bits per heavy atom. The van der Waals surface area contributed by atoms with Crippen molar-refractivity contribution in [2.24, 2.45) is 0 Å². The van der Waals surface area contributed by atoms with E-state index < -0.39 is 21.2 Å². The Labute approximate surface area is 101 Å². The highest BCUT2D eigenvalue weighted by Crippen LogP contribution is 2.10. The minimum Gasteiger partial charge on any atom is -0.468 e. The summed E-state index contributed by atoms with van der Waals surface area (Å²) in [4.78, 5) is 11.2. The SMILES string of the molecule is COCCN(CCO)S(=O)(=O)C(C)C(=O)OC. The second kappa shape index (κ2) is 7.59. The van der Waals surface area contributed by atoms with Crippen molar-refractivity contribution in [3.8, 4) is 0 Å². The molecule has 0 rings (SSSR count). The van der Waals surface area contributed by atoms with Gasteiger partial charge in [0.25, 0.3) is 0 Å². The highest BCUT2D eigenvalue weighted by atomic mass is 32.2. The van der Waals surface area contributed by atoms with E-state index in [1.807, 2.05) is 0 Å². The van der Waals surface area contributed by atoms with Gasteiger partial charge in [-0.15, -0.1) is 0 Å². The van der Waals surface area contributed by atoms with Gasteiger partial charge in [-0.3, -0.25) is 4.79 Å². The van der Waals surface area contributed by atoms with E-state index in [-0.39, 0.29) is 26.3 Å². The monoisotopic (exact) mass is 269 g/mol. The summed E-state index contributed by atoms with van der Waals surface area (Å²) in [5.41, 5.74) is 0. The van der Waals surface area contributed by atoms with Crippen LogP contribution >= 0.6 is 0 Å². The molecule has 0 radical (unpaired) electrons. The van der Waals surface area contributed by atoms with Crippen molar-refractivity contribution in [3.63, 3.8) is 0 Å². The molecule has 0 aromatic rings. The number of hydrogen-bond donors (Lipinski definition) is 1. The average Bonchev–Trinajstić information content (AvgIpc) is 2.32. The van der Waals surface area contributed by atoms with Crippen molar-refractivity contribution in [1.29, 1.82) is 0 Å². The van der Waals surface area contributed by atoms with Crippen molar-refractivity contribution < 1.29 is 27.8 Å². The predicted octanol–water partition coefficient (Wildman–Crippen LogP) is -1.18. The summed E-state index contributed by atoms with van der Waals surface area (Å²) in [5, 5.41) is 7.52. The van der Waals surface area contributed by atoms with Gasteiger partial charge in [0, 0.05) is 20.2 Å². The Bertz CT molecular complexity index is 328. The summed E-state index contributed by atoms with van der Waals surface area (Å²) in [5.74, 6) is -0.828. The largest absolute Gasteiger partial charge is 0.468 e. The van der Waals surface area contributed by atoms with Crippen LogP contribution in [0.2, 0.25) is 0 Å². The second-order valence-corrected chi connectivity index (χ2v) is 5.58. The zero-order chi connectivity index (χ0) is 13.5. The summed E-state index contributed by atoms with van der Waals surface area (Å²) in [6.45, 7) is 1.12. The third-order valence-electron chi connectivity index (χ3n) is 2.23. The molecule has 1 atom stereocenters. The number of aliphatic hydroxyl groups is 1. The highest BCUT2D eigenvalue weighted by molar-refractivity contribution is 7.90. The van der Waals surface area contributed by atoms with Crippen LogP contribution in [0.25, 0.3) is 0 Å². The summed E-state index contributed by atoms with van der Waals surface area (Å²) in [7, 11) is -1.27. The number of rotatable bonds is 8. The van der Waals surface area contributed by atoms with Gasteiger partial charge in [0.15, 0.2) is 5.25 Å². The quantitative estimate of drug-likeness (QED) is 0.557. The van der Waals surface area contributed by atoms with Crippen molar-refractivity contribution in [3.05, 3.63) is 0 Å². The number of nitrogens with zero attached hydrogens (tertiary/aromatic N) is 1. The fourth-order valence-corrected chi connectivity index (χ4v) is 2.63. The minimum atomic E-state index is -3.83. The standard InChI is InChI=1S/C9H19NO6S/c1-8(9(12)16-3)17(13,14)10(4-6-11)5-7-15-2/h8,11H,4-7H2,1-3H3. The molecule has 17 heavy (non-hydrogen) atoms. The lowest BCUT2D eigenvalue weighted by Crippen LogP contribution is -2.44. The molecule has 0 amide bonds. The molecule has 0 bridgehead atoms. The molecule has 102 valence electrons. The number of ether oxygens (including phenoxy) is 2. The molecule has 0 saturated heterocycles. The van der Waals surface area contributed by atoms with E-state index in [4.69, 9.17) is 9.84 Å². The topological polar surface area (TPSA) is 93.1 Å². The van der Waals surface area contributed by atoms with Crippen LogP contribution in [0, 0.1) is 0 Å². The fourth-order valence-electron chi connectivity index (χ4n) is 1.18. The smallest absolute Gasteiger partial charge is 0.325 e. The lowest BCUT2D eigenvalue weighted by atomic mass is 10.5. The molecule has 7 nitrogen and oxygen atoms in total. The molecule has 1 N–H and O–H groups in total. The first kappa shape index (κ1) is 16.3. The number of aliphatic hydroxyl groups excluding tert-OH is 1. The molecular weight excluding hydrogens is 250 g/mol. The van der Waals surface area contributed by atoms with E-state index in [0.29, 0.717) is 0 Å². The third-order valence-corrected chi connectivity index (χ3v) is 4.40. The van der Waals surface area contributed by atoms with Crippen LogP contribution in [0.15, 0.2) is 0 Å². The van der Waals surface area contributed by atoms with Gasteiger partial charge in [0.2, 0.25) is 10.0 Å². The Kier molecular flexibility index (Phi) is 7.28. The molecule has 0 aliphatic rings. The summed E-state index contributed by atoms with van der Waals surface area (Å²) < 4.78 is 34.2. The Morgan fingerprint density at radius 3 is 2.35 bits per heavy atom. The van der Waals surface area contributed by atoms with Crippen LogP contribution in [-0.2, 0) is 24.3 Å². The maximum atomic E-state index is 12.0. The molecule has 0 aromatic heterocycles. The van der Waals surface area contributed by atoms with Crippen LogP contribution in [-0.4, -0.2) is 69.6 Å². The molecule has 0 spiro atoms. The number of hydrogen-bond acceptors (Lipinski definition) is 6. The zero-order valence-corrected chi connectivity index (χ0v) is 11.1. The normalized spacial score (nSPS) is 13.7. The van der Waals surface area contributed by atoms with E-state index in [1.54, 1.807) is 0 Å². The van der Waals surface area contributed by atoms with Gasteiger partial charge in [-0.2, -0.15) is 4.31 Å². The van der Waals surface area contributed by atoms with E-state index in [9.17, 15) is 13.2 Å². The highest BCUT2D eigenvalue weighted by Gasteiger charge is 2.34. The lowest BCUT2D eigenvalue weighted by molar-refractivity contribution is -0.139. The molecule has 0 saturated carbocycles. The van der Waals surface area contributed by atoms with Crippen molar-refractivity contribution in [2.75, 3.05) is 40.5 Å². The molecule has 0 heterocycles. The summed E-state index contributed by atoms with van der Waals surface area (Å²) in [6, 6.07) is 0. The van der Waals surface area contributed by atoms with Gasteiger partial charge in [-0.1, -0.05) is 0 Å². The van der Waals surface area contributed by atoms with Crippen molar-refractivity contribution in [1.82, 2.24) is 4.31 Å². The van der Waals surface area contributed by atoms with Crippen LogP contribution in [0.4, 0.5) is 0 Å². The van der Waals surface area contributed by atoms with E-state index >= 15 is 0 Å². The molecule has 0 fully saturated rings. The van der Waals surface area contributed by atoms with Crippen molar-refractivity contribution >= 4 is 16.0 Å². The van der Waals surface area contributed by atoms with Gasteiger partial charge in [-0.05, 0) is 6.92 Å². The first-order valence-electron chi connectivity index (χ1n) is 5.08. The van der Waals surface area contributed by atoms with E-state index in [2.05, 4.69) is 4.74 Å². The lowest BCUT2D eigenvalue weighted by Gasteiger charge is -2.23. The predicted molar refractivity (Wildman–Crippen MR) is 60.9 cm³/mol. The van der Waals surface area contributed by atoms with Crippen LogP contribution in [0.5, 0.6) is 0 Å². The maximum absolute atomic E-state index is 12.0. The number of sulfonamides is 1. The molecular formula is C9H19NO6S. The molecule has 0 aromatic carbocycles. The van der Waals surface area contributed by atoms with Gasteiger partial charge in [0.1, 0.15) is 0 Å².